The van der Waals surface area contributed by atoms with Crippen LogP contribution < -0.4 is 0 Å². The van der Waals surface area contributed by atoms with Gasteiger partial charge < -0.3 is 4.90 Å². The Labute approximate surface area is 68.6 Å². The monoisotopic (exact) mass is 143 g/mol. The lowest BCUT2D eigenvalue weighted by Gasteiger charge is -2.24. The molecule has 1 fully saturated rings. The molecule has 0 radical (unpaired) electrons. The standard InChI is InChI=1S/C7H15N.Al.3H/c1-2-8-6-4-3-5-7-8;;;;/h2-7H2,1H3;;;;. The highest BCUT2D eigenvalue weighted by Crippen LogP contribution is 2.06. The van der Waals surface area contributed by atoms with Crippen LogP contribution in [0.4, 0.5) is 0 Å². The third-order valence-corrected chi connectivity index (χ3v) is 1.90. The van der Waals surface area contributed by atoms with Gasteiger partial charge in [0, 0.05) is 0 Å². The number of hydrogen-bond donors (Lipinski definition) is 0. The minimum atomic E-state index is 0. The van der Waals surface area contributed by atoms with E-state index in [1.54, 1.807) is 0 Å². The molecule has 0 atom stereocenters. The molecule has 54 valence electrons. The topological polar surface area (TPSA) is 3.24 Å². The van der Waals surface area contributed by atoms with Crippen LogP contribution >= 0.6 is 0 Å². The first-order valence-corrected chi connectivity index (χ1v) is 3.66. The van der Waals surface area contributed by atoms with Crippen molar-refractivity contribution in [3.05, 3.63) is 0 Å². The average molecular weight is 143 g/mol. The van der Waals surface area contributed by atoms with Gasteiger partial charge in [0.05, 0.1) is 0 Å². The number of piperidine rings is 1. The summed E-state index contributed by atoms with van der Waals surface area (Å²) in [6.07, 6.45) is 4.30. The lowest BCUT2D eigenvalue weighted by Crippen LogP contribution is -2.29. The Balaban J connectivity index is 0.000000640. The van der Waals surface area contributed by atoms with E-state index in [9.17, 15) is 0 Å². The molecule has 1 aliphatic heterocycles. The Morgan fingerprint density at radius 1 is 1.11 bits per heavy atom. The quantitative estimate of drug-likeness (QED) is 0.477. The van der Waals surface area contributed by atoms with Crippen LogP contribution in [0.2, 0.25) is 0 Å². The van der Waals surface area contributed by atoms with E-state index in [1.165, 1.54) is 38.9 Å². The summed E-state index contributed by atoms with van der Waals surface area (Å²) in [7, 11) is 0. The van der Waals surface area contributed by atoms with Crippen LogP contribution in [0, 0.1) is 0 Å². The molecule has 2 heteroatoms. The van der Waals surface area contributed by atoms with Crippen LogP contribution in [0.1, 0.15) is 26.2 Å². The van der Waals surface area contributed by atoms with E-state index in [2.05, 4.69) is 11.8 Å². The van der Waals surface area contributed by atoms with Gasteiger partial charge in [0.1, 0.15) is 0 Å². The maximum Gasteiger partial charge on any atom is 0.187 e. The first-order chi connectivity index (χ1) is 3.93. The maximum atomic E-state index is 2.52. The Morgan fingerprint density at radius 2 is 1.67 bits per heavy atom. The maximum absolute atomic E-state index is 2.52. The van der Waals surface area contributed by atoms with Gasteiger partial charge >= 0.3 is 0 Å². The number of likely N-dealkylation sites (tertiary alicyclic amines) is 1. The number of hydrogen-bond acceptors (Lipinski definition) is 1. The highest BCUT2D eigenvalue weighted by Gasteiger charge is 2.05. The normalized spacial score (nSPS) is 21.0. The van der Waals surface area contributed by atoms with Crippen molar-refractivity contribution in [2.45, 2.75) is 26.2 Å². The molecule has 9 heavy (non-hydrogen) atoms. The summed E-state index contributed by atoms with van der Waals surface area (Å²) in [4.78, 5) is 2.52. The zero-order valence-electron chi connectivity index (χ0n) is 5.69. The zero-order chi connectivity index (χ0) is 5.82. The van der Waals surface area contributed by atoms with E-state index >= 15 is 0 Å². The van der Waals surface area contributed by atoms with Crippen LogP contribution in [0.5, 0.6) is 0 Å². The smallest absolute Gasteiger partial charge is 0.187 e. The zero-order valence-corrected chi connectivity index (χ0v) is 5.69. The molecule has 0 aromatic rings. The Hall–Kier alpha value is 0.492. The van der Waals surface area contributed by atoms with Crippen molar-refractivity contribution in [2.24, 2.45) is 0 Å². The molecule has 0 bridgehead atoms. The molecule has 0 unspecified atom stereocenters. The van der Waals surface area contributed by atoms with Crippen molar-refractivity contribution < 1.29 is 0 Å². The van der Waals surface area contributed by atoms with Gasteiger partial charge in [0.2, 0.25) is 0 Å². The fourth-order valence-corrected chi connectivity index (χ4v) is 1.28. The van der Waals surface area contributed by atoms with Gasteiger partial charge in [-0.1, -0.05) is 13.3 Å². The SMILES string of the molecule is CCN1CCCCC1.[AlH3]. The molecule has 1 saturated heterocycles. The lowest BCUT2D eigenvalue weighted by atomic mass is 10.1. The molecular weight excluding hydrogens is 125 g/mol. The minimum Gasteiger partial charge on any atom is -0.304 e. The lowest BCUT2D eigenvalue weighted by molar-refractivity contribution is 0.240. The summed E-state index contributed by atoms with van der Waals surface area (Å²) in [5.74, 6) is 0. The van der Waals surface area contributed by atoms with Crippen molar-refractivity contribution in [2.75, 3.05) is 19.6 Å². The highest BCUT2D eigenvalue weighted by atomic mass is 27.0. The van der Waals surface area contributed by atoms with E-state index in [1.807, 2.05) is 0 Å². The van der Waals surface area contributed by atoms with E-state index in [0.717, 1.165) is 0 Å². The number of nitrogens with zero attached hydrogens (tertiary/aromatic N) is 1. The molecule has 0 aromatic carbocycles. The van der Waals surface area contributed by atoms with Crippen molar-refractivity contribution in [3.8, 4) is 0 Å². The molecule has 0 saturated carbocycles. The summed E-state index contributed by atoms with van der Waals surface area (Å²) in [5, 5.41) is 0. The minimum absolute atomic E-state index is 0. The van der Waals surface area contributed by atoms with Crippen LogP contribution in [0.3, 0.4) is 0 Å². The molecule has 0 amide bonds. The number of rotatable bonds is 1. The highest BCUT2D eigenvalue weighted by molar-refractivity contribution is 5.75. The Morgan fingerprint density at radius 3 is 2.00 bits per heavy atom. The predicted molar refractivity (Wildman–Crippen MR) is 45.9 cm³/mol. The second kappa shape index (κ2) is 5.29. The second-order valence-corrected chi connectivity index (χ2v) is 2.49. The molecule has 1 heterocycles. The third kappa shape index (κ3) is 3.25. The Kier molecular flexibility index (Phi) is 5.58. The first-order valence-electron chi connectivity index (χ1n) is 3.66. The molecule has 1 aliphatic rings. The van der Waals surface area contributed by atoms with Gasteiger partial charge in [-0.15, -0.1) is 0 Å². The summed E-state index contributed by atoms with van der Waals surface area (Å²) in [6.45, 7) is 6.18. The van der Waals surface area contributed by atoms with Crippen molar-refractivity contribution in [1.82, 2.24) is 4.90 Å². The van der Waals surface area contributed by atoms with Crippen LogP contribution in [-0.4, -0.2) is 41.9 Å². The third-order valence-electron chi connectivity index (χ3n) is 1.90. The van der Waals surface area contributed by atoms with Gasteiger partial charge in [-0.2, -0.15) is 0 Å². The van der Waals surface area contributed by atoms with Crippen LogP contribution in [0.25, 0.3) is 0 Å². The second-order valence-electron chi connectivity index (χ2n) is 2.49. The summed E-state index contributed by atoms with van der Waals surface area (Å²) in [5.41, 5.74) is 0. The molecule has 1 nitrogen and oxygen atoms in total. The molecule has 0 N–H and O–H groups in total. The molecule has 0 aliphatic carbocycles. The largest absolute Gasteiger partial charge is 0.304 e. The molecule has 0 aromatic heterocycles. The van der Waals surface area contributed by atoms with Crippen molar-refractivity contribution >= 4 is 17.4 Å². The average Bonchev–Trinajstić information content (AvgIpc) is 1.90. The van der Waals surface area contributed by atoms with Gasteiger partial charge in [0.15, 0.2) is 17.4 Å². The van der Waals surface area contributed by atoms with Crippen molar-refractivity contribution in [3.63, 3.8) is 0 Å². The summed E-state index contributed by atoms with van der Waals surface area (Å²) >= 11 is 0. The predicted octanol–water partition coefficient (Wildman–Crippen LogP) is 0.308. The first kappa shape index (κ1) is 9.49. The van der Waals surface area contributed by atoms with E-state index in [0.29, 0.717) is 0 Å². The molecule has 0 spiro atoms. The van der Waals surface area contributed by atoms with E-state index < -0.39 is 0 Å². The van der Waals surface area contributed by atoms with Gasteiger partial charge in [-0.25, -0.2) is 0 Å². The summed E-state index contributed by atoms with van der Waals surface area (Å²) in [6, 6.07) is 0. The fourth-order valence-electron chi connectivity index (χ4n) is 1.28. The Bertz CT molecular complexity index is 59.9. The molecular formula is C7H18AlN. The van der Waals surface area contributed by atoms with Gasteiger partial charge in [0.25, 0.3) is 0 Å². The van der Waals surface area contributed by atoms with Gasteiger partial charge in [-0.05, 0) is 32.5 Å². The molecule has 1 rings (SSSR count). The summed E-state index contributed by atoms with van der Waals surface area (Å²) < 4.78 is 0. The van der Waals surface area contributed by atoms with E-state index in [-0.39, 0.29) is 17.4 Å². The van der Waals surface area contributed by atoms with E-state index in [4.69, 9.17) is 0 Å². The van der Waals surface area contributed by atoms with Crippen molar-refractivity contribution in [1.29, 1.82) is 0 Å². The van der Waals surface area contributed by atoms with Gasteiger partial charge in [-0.3, -0.25) is 0 Å². The van der Waals surface area contributed by atoms with Crippen LogP contribution in [0.15, 0.2) is 0 Å². The fraction of sp³-hybridized carbons (Fsp3) is 1.00. The van der Waals surface area contributed by atoms with Crippen LogP contribution in [-0.2, 0) is 0 Å².